The lowest BCUT2D eigenvalue weighted by Crippen LogP contribution is -2.31. The molecule has 0 radical (unpaired) electrons. The molecule has 0 unspecified atom stereocenters. The fourth-order valence-corrected chi connectivity index (χ4v) is 1.63. The molecule has 0 atom stereocenters. The van der Waals surface area contributed by atoms with Crippen LogP contribution < -0.4 is 5.32 Å². The Morgan fingerprint density at radius 1 is 1.31 bits per heavy atom. The summed E-state index contributed by atoms with van der Waals surface area (Å²) in [6, 6.07) is 2.06. The number of nitrogens with zero attached hydrogens (tertiary/aromatic N) is 1. The lowest BCUT2D eigenvalue weighted by atomic mass is 9.88. The van der Waals surface area contributed by atoms with E-state index in [1.54, 1.807) is 0 Å². The second-order valence-electron chi connectivity index (χ2n) is 4.29. The third kappa shape index (κ3) is 10.1. The fourth-order valence-electron chi connectivity index (χ4n) is 1.15. The third-order valence-electron chi connectivity index (χ3n) is 2.06. The van der Waals surface area contributed by atoms with E-state index in [1.807, 2.05) is 13.8 Å². The van der Waals surface area contributed by atoms with Crippen molar-refractivity contribution in [3.05, 3.63) is 0 Å². The van der Waals surface area contributed by atoms with Crippen molar-refractivity contribution < 1.29 is 13.2 Å². The monoisotopic (exact) mass is 254 g/mol. The smallest absolute Gasteiger partial charge is 0.315 e. The van der Waals surface area contributed by atoms with Gasteiger partial charge in [0.15, 0.2) is 0 Å². The van der Waals surface area contributed by atoms with E-state index in [9.17, 15) is 13.2 Å². The van der Waals surface area contributed by atoms with Crippen molar-refractivity contribution in [2.24, 2.45) is 5.41 Å². The maximum absolute atomic E-state index is 11.8. The van der Waals surface area contributed by atoms with Gasteiger partial charge in [-0.05, 0) is 23.6 Å². The van der Waals surface area contributed by atoms with Gasteiger partial charge in [-0.3, -0.25) is 0 Å². The summed E-state index contributed by atoms with van der Waals surface area (Å²) in [6.45, 7) is 4.95. The van der Waals surface area contributed by atoms with Crippen molar-refractivity contribution >= 4 is 11.8 Å². The molecule has 1 N–H and O–H groups in total. The summed E-state index contributed by atoms with van der Waals surface area (Å²) in [4.78, 5) is 0. The maximum Gasteiger partial charge on any atom is 0.441 e. The van der Waals surface area contributed by atoms with Gasteiger partial charge in [-0.25, -0.2) is 0 Å². The topological polar surface area (TPSA) is 35.8 Å². The Morgan fingerprint density at radius 2 is 1.94 bits per heavy atom. The summed E-state index contributed by atoms with van der Waals surface area (Å²) in [7, 11) is 0. The van der Waals surface area contributed by atoms with Gasteiger partial charge in [-0.1, -0.05) is 13.8 Å². The first-order chi connectivity index (χ1) is 7.27. The van der Waals surface area contributed by atoms with E-state index in [-0.39, 0.29) is 22.9 Å². The lowest BCUT2D eigenvalue weighted by Gasteiger charge is -2.23. The molecular formula is C10H17F3N2S. The average Bonchev–Trinajstić information content (AvgIpc) is 2.12. The number of thioether (sulfide) groups is 1. The normalized spacial score (nSPS) is 12.5. The number of hydrogen-bond donors (Lipinski definition) is 1. The molecule has 0 rings (SSSR count). The lowest BCUT2D eigenvalue weighted by molar-refractivity contribution is -0.0327. The summed E-state index contributed by atoms with van der Waals surface area (Å²) in [6.07, 6.45) is 1.23. The number of alkyl halides is 3. The molecule has 0 aromatic heterocycles. The zero-order valence-corrected chi connectivity index (χ0v) is 10.3. The van der Waals surface area contributed by atoms with Crippen molar-refractivity contribution in [1.29, 1.82) is 5.26 Å². The Balaban J connectivity index is 3.55. The second-order valence-corrected chi connectivity index (χ2v) is 5.45. The molecule has 0 heterocycles. The molecular weight excluding hydrogens is 237 g/mol. The van der Waals surface area contributed by atoms with E-state index >= 15 is 0 Å². The zero-order valence-electron chi connectivity index (χ0n) is 9.52. The molecule has 0 amide bonds. The van der Waals surface area contributed by atoms with Crippen molar-refractivity contribution in [3.8, 4) is 6.07 Å². The van der Waals surface area contributed by atoms with E-state index in [2.05, 4.69) is 11.4 Å². The van der Waals surface area contributed by atoms with Crippen molar-refractivity contribution in [2.45, 2.75) is 32.2 Å². The van der Waals surface area contributed by atoms with Crippen LogP contribution in [0, 0.1) is 16.7 Å². The van der Waals surface area contributed by atoms with E-state index in [0.717, 1.165) is 6.42 Å². The predicted octanol–water partition coefficient (Wildman–Crippen LogP) is 3.16. The maximum atomic E-state index is 11.8. The number of hydrogen-bond acceptors (Lipinski definition) is 3. The van der Waals surface area contributed by atoms with Gasteiger partial charge >= 0.3 is 5.51 Å². The Bertz CT molecular complexity index is 233. The first kappa shape index (κ1) is 15.6. The summed E-state index contributed by atoms with van der Waals surface area (Å²) >= 11 is -0.0128. The Morgan fingerprint density at radius 3 is 2.44 bits per heavy atom. The van der Waals surface area contributed by atoms with Gasteiger partial charge < -0.3 is 5.32 Å². The number of halogens is 3. The van der Waals surface area contributed by atoms with Crippen LogP contribution in [0.5, 0.6) is 0 Å². The molecule has 0 spiro atoms. The first-order valence-corrected chi connectivity index (χ1v) is 6.04. The summed E-state index contributed by atoms with van der Waals surface area (Å²) < 4.78 is 35.3. The van der Waals surface area contributed by atoms with E-state index in [0.29, 0.717) is 19.5 Å². The van der Waals surface area contributed by atoms with Crippen molar-refractivity contribution in [2.75, 3.05) is 18.8 Å². The molecule has 0 aliphatic heterocycles. The number of nitriles is 1. The van der Waals surface area contributed by atoms with Gasteiger partial charge in [-0.15, -0.1) is 0 Å². The fraction of sp³-hybridized carbons (Fsp3) is 0.900. The standard InChI is InChI=1S/C10H17F3N2S/c1-9(2,4-3-5-14)8-15-6-7-16-10(11,12)13/h15H,3-4,6-8H2,1-2H3. The van der Waals surface area contributed by atoms with Gasteiger partial charge in [0.05, 0.1) is 6.07 Å². The largest absolute Gasteiger partial charge is 0.441 e. The van der Waals surface area contributed by atoms with Gasteiger partial charge in [-0.2, -0.15) is 18.4 Å². The van der Waals surface area contributed by atoms with Crippen LogP contribution in [0.2, 0.25) is 0 Å². The molecule has 0 aliphatic rings. The Labute approximate surface area is 98.6 Å². The molecule has 6 heteroatoms. The van der Waals surface area contributed by atoms with Crippen LogP contribution in [0.3, 0.4) is 0 Å². The number of rotatable bonds is 7. The number of nitrogens with one attached hydrogen (secondary N) is 1. The van der Waals surface area contributed by atoms with Gasteiger partial charge in [0.2, 0.25) is 0 Å². The highest BCUT2D eigenvalue weighted by Gasteiger charge is 2.27. The zero-order chi connectivity index (χ0) is 12.7. The third-order valence-corrected chi connectivity index (χ3v) is 2.80. The van der Waals surface area contributed by atoms with Gasteiger partial charge in [0, 0.05) is 25.3 Å². The van der Waals surface area contributed by atoms with Crippen LogP contribution in [0.25, 0.3) is 0 Å². The molecule has 0 aliphatic carbocycles. The second kappa shape index (κ2) is 7.02. The first-order valence-electron chi connectivity index (χ1n) is 5.05. The minimum Gasteiger partial charge on any atom is -0.315 e. The molecule has 0 fully saturated rings. The SMILES string of the molecule is CC(C)(CCC#N)CNCCSC(F)(F)F. The molecule has 16 heavy (non-hydrogen) atoms. The van der Waals surface area contributed by atoms with Crippen LogP contribution in [-0.2, 0) is 0 Å². The van der Waals surface area contributed by atoms with Crippen LogP contribution in [0.1, 0.15) is 26.7 Å². The molecule has 2 nitrogen and oxygen atoms in total. The Kier molecular flexibility index (Phi) is 6.84. The molecule has 0 saturated heterocycles. The summed E-state index contributed by atoms with van der Waals surface area (Å²) in [5.74, 6) is 0.0256. The van der Waals surface area contributed by atoms with Crippen molar-refractivity contribution in [1.82, 2.24) is 5.32 Å². The Hall–Kier alpha value is -0.410. The van der Waals surface area contributed by atoms with Gasteiger partial charge in [0.1, 0.15) is 0 Å². The van der Waals surface area contributed by atoms with Gasteiger partial charge in [0.25, 0.3) is 0 Å². The molecule has 0 aromatic carbocycles. The van der Waals surface area contributed by atoms with E-state index < -0.39 is 5.51 Å². The van der Waals surface area contributed by atoms with E-state index in [1.165, 1.54) is 0 Å². The summed E-state index contributed by atoms with van der Waals surface area (Å²) in [5.41, 5.74) is -4.18. The molecule has 0 bridgehead atoms. The molecule has 0 saturated carbocycles. The minimum absolute atomic E-state index is 0.0128. The quantitative estimate of drug-likeness (QED) is 0.709. The minimum atomic E-state index is -4.14. The molecule has 94 valence electrons. The van der Waals surface area contributed by atoms with Crippen LogP contribution >= 0.6 is 11.8 Å². The highest BCUT2D eigenvalue weighted by Crippen LogP contribution is 2.29. The van der Waals surface area contributed by atoms with E-state index in [4.69, 9.17) is 5.26 Å². The highest BCUT2D eigenvalue weighted by atomic mass is 32.2. The van der Waals surface area contributed by atoms with Crippen molar-refractivity contribution in [3.63, 3.8) is 0 Å². The highest BCUT2D eigenvalue weighted by molar-refractivity contribution is 8.00. The van der Waals surface area contributed by atoms with Crippen LogP contribution in [0.4, 0.5) is 13.2 Å². The molecule has 0 aromatic rings. The average molecular weight is 254 g/mol. The summed E-state index contributed by atoms with van der Waals surface area (Å²) in [5, 5.41) is 11.4. The predicted molar refractivity (Wildman–Crippen MR) is 60.0 cm³/mol. The van der Waals surface area contributed by atoms with Crippen LogP contribution in [-0.4, -0.2) is 24.4 Å². The van der Waals surface area contributed by atoms with Crippen LogP contribution in [0.15, 0.2) is 0 Å².